The largest absolute Gasteiger partial charge is 0.444 e. The highest BCUT2D eigenvalue weighted by molar-refractivity contribution is 5.86. The Bertz CT molecular complexity index is 468. The number of likely N-dealkylation sites (tertiary alicyclic amines) is 2. The average Bonchev–Trinajstić information content (AvgIpc) is 2.73. The Kier molecular flexibility index (Phi) is 4.87. The lowest BCUT2D eigenvalue weighted by molar-refractivity contribution is -0.137. The van der Waals surface area contributed by atoms with Crippen LogP contribution in [0.25, 0.3) is 0 Å². The van der Waals surface area contributed by atoms with Gasteiger partial charge in [-0.25, -0.2) is 13.6 Å². The van der Waals surface area contributed by atoms with Crippen LogP contribution in [0.5, 0.6) is 0 Å². The summed E-state index contributed by atoms with van der Waals surface area (Å²) in [5.74, 6) is -2.91. The number of amides is 2. The molecule has 132 valence electrons. The van der Waals surface area contributed by atoms with Gasteiger partial charge in [-0.1, -0.05) is 6.92 Å². The van der Waals surface area contributed by atoms with Gasteiger partial charge in [-0.2, -0.15) is 0 Å². The molecule has 1 atom stereocenters. The van der Waals surface area contributed by atoms with E-state index in [2.05, 4.69) is 6.92 Å². The van der Waals surface area contributed by atoms with E-state index in [1.54, 1.807) is 25.7 Å². The van der Waals surface area contributed by atoms with Gasteiger partial charge in [0.05, 0.1) is 6.54 Å². The molecule has 0 aromatic rings. The monoisotopic (exact) mass is 332 g/mol. The van der Waals surface area contributed by atoms with Crippen LogP contribution in [0.3, 0.4) is 0 Å². The molecule has 0 spiro atoms. The van der Waals surface area contributed by atoms with Crippen molar-refractivity contribution in [2.24, 2.45) is 5.92 Å². The third kappa shape index (κ3) is 4.54. The van der Waals surface area contributed by atoms with Gasteiger partial charge in [-0.05, 0) is 39.5 Å². The summed E-state index contributed by atoms with van der Waals surface area (Å²) in [5, 5.41) is 0. The molecule has 0 N–H and O–H groups in total. The minimum absolute atomic E-state index is 0.389. The van der Waals surface area contributed by atoms with E-state index < -0.39 is 36.6 Å². The predicted octanol–water partition coefficient (Wildman–Crippen LogP) is 2.89. The van der Waals surface area contributed by atoms with Gasteiger partial charge in [0, 0.05) is 19.5 Å². The fourth-order valence-corrected chi connectivity index (χ4v) is 2.99. The Morgan fingerprint density at radius 3 is 2.26 bits per heavy atom. The van der Waals surface area contributed by atoms with Gasteiger partial charge in [-0.3, -0.25) is 9.69 Å². The molecular formula is C16H26F2N2O3. The standard InChI is InChI=1S/C16H26F2N2O3/c1-11-5-7-19(8-6-11)13(21)12-9-16(17,18)10-20(12)14(22)23-15(2,3)4/h11-12H,5-10H2,1-4H3/t12-/m0/s1. The van der Waals surface area contributed by atoms with E-state index in [0.29, 0.717) is 19.0 Å². The molecular weight excluding hydrogens is 306 g/mol. The summed E-state index contributed by atoms with van der Waals surface area (Å²) < 4.78 is 32.8. The van der Waals surface area contributed by atoms with Crippen LogP contribution in [0.4, 0.5) is 13.6 Å². The number of carbonyl (C=O) groups excluding carboxylic acids is 2. The van der Waals surface area contributed by atoms with Crippen molar-refractivity contribution in [3.05, 3.63) is 0 Å². The molecule has 0 saturated carbocycles. The Morgan fingerprint density at radius 2 is 1.74 bits per heavy atom. The fraction of sp³-hybridized carbons (Fsp3) is 0.875. The van der Waals surface area contributed by atoms with E-state index >= 15 is 0 Å². The van der Waals surface area contributed by atoms with Crippen molar-refractivity contribution >= 4 is 12.0 Å². The zero-order valence-electron chi connectivity index (χ0n) is 14.3. The summed E-state index contributed by atoms with van der Waals surface area (Å²) in [6, 6.07) is -1.13. The summed E-state index contributed by atoms with van der Waals surface area (Å²) in [5.41, 5.74) is -0.789. The molecule has 0 unspecified atom stereocenters. The molecule has 2 saturated heterocycles. The molecule has 0 aromatic heterocycles. The number of carbonyl (C=O) groups is 2. The first-order chi connectivity index (χ1) is 10.5. The second kappa shape index (κ2) is 6.24. The van der Waals surface area contributed by atoms with Crippen LogP contribution in [0.2, 0.25) is 0 Å². The number of nitrogens with zero attached hydrogens (tertiary/aromatic N) is 2. The molecule has 2 aliphatic rings. The van der Waals surface area contributed by atoms with Gasteiger partial charge in [-0.15, -0.1) is 0 Å². The highest BCUT2D eigenvalue weighted by Gasteiger charge is 2.52. The SMILES string of the molecule is CC1CCN(C(=O)[C@@H]2CC(F)(F)CN2C(=O)OC(C)(C)C)CC1. The third-order valence-electron chi connectivity index (χ3n) is 4.28. The van der Waals surface area contributed by atoms with Gasteiger partial charge in [0.25, 0.3) is 5.92 Å². The van der Waals surface area contributed by atoms with Crippen molar-refractivity contribution < 1.29 is 23.1 Å². The second-order valence-corrected chi connectivity index (χ2v) is 7.69. The summed E-state index contributed by atoms with van der Waals surface area (Å²) in [7, 11) is 0. The molecule has 2 fully saturated rings. The van der Waals surface area contributed by atoms with E-state index in [9.17, 15) is 18.4 Å². The van der Waals surface area contributed by atoms with Crippen LogP contribution in [0.1, 0.15) is 47.0 Å². The normalized spacial score (nSPS) is 25.6. The van der Waals surface area contributed by atoms with Gasteiger partial charge in [0.15, 0.2) is 0 Å². The molecule has 7 heteroatoms. The number of rotatable bonds is 1. The van der Waals surface area contributed by atoms with Crippen molar-refractivity contribution in [2.75, 3.05) is 19.6 Å². The van der Waals surface area contributed by atoms with Crippen LogP contribution in [0, 0.1) is 5.92 Å². The minimum Gasteiger partial charge on any atom is -0.444 e. The van der Waals surface area contributed by atoms with Crippen molar-refractivity contribution in [2.45, 2.75) is 64.5 Å². The van der Waals surface area contributed by atoms with Gasteiger partial charge < -0.3 is 9.64 Å². The maximum atomic E-state index is 13.8. The molecule has 2 aliphatic heterocycles. The number of ether oxygens (including phenoxy) is 1. The molecule has 2 heterocycles. The highest BCUT2D eigenvalue weighted by atomic mass is 19.3. The Labute approximate surface area is 135 Å². The molecule has 0 bridgehead atoms. The Balaban J connectivity index is 2.10. The van der Waals surface area contributed by atoms with Crippen LogP contribution in [-0.4, -0.2) is 59.0 Å². The smallest absolute Gasteiger partial charge is 0.411 e. The highest BCUT2D eigenvalue weighted by Crippen LogP contribution is 2.34. The summed E-state index contributed by atoms with van der Waals surface area (Å²) in [4.78, 5) is 27.3. The topological polar surface area (TPSA) is 49.9 Å². The molecule has 0 aliphatic carbocycles. The number of hydrogen-bond donors (Lipinski definition) is 0. The van der Waals surface area contributed by atoms with Gasteiger partial charge >= 0.3 is 6.09 Å². The van der Waals surface area contributed by atoms with E-state index in [0.717, 1.165) is 17.7 Å². The summed E-state index contributed by atoms with van der Waals surface area (Å²) >= 11 is 0. The van der Waals surface area contributed by atoms with E-state index in [1.165, 1.54) is 0 Å². The molecule has 5 nitrogen and oxygen atoms in total. The first kappa shape index (κ1) is 17.9. The molecule has 2 rings (SSSR count). The zero-order valence-corrected chi connectivity index (χ0v) is 14.3. The predicted molar refractivity (Wildman–Crippen MR) is 81.3 cm³/mol. The first-order valence-electron chi connectivity index (χ1n) is 8.15. The summed E-state index contributed by atoms with van der Waals surface area (Å²) in [6.07, 6.45) is 0.248. The van der Waals surface area contributed by atoms with Crippen molar-refractivity contribution in [1.29, 1.82) is 0 Å². The quantitative estimate of drug-likeness (QED) is 0.742. The molecule has 2 amide bonds. The van der Waals surface area contributed by atoms with Crippen molar-refractivity contribution in [3.63, 3.8) is 0 Å². The van der Waals surface area contributed by atoms with E-state index in [4.69, 9.17) is 4.74 Å². The van der Waals surface area contributed by atoms with Gasteiger partial charge in [0.1, 0.15) is 11.6 Å². The Morgan fingerprint density at radius 1 is 1.17 bits per heavy atom. The third-order valence-corrected chi connectivity index (χ3v) is 4.28. The van der Waals surface area contributed by atoms with Crippen molar-refractivity contribution in [1.82, 2.24) is 9.80 Å². The van der Waals surface area contributed by atoms with Crippen molar-refractivity contribution in [3.8, 4) is 0 Å². The Hall–Kier alpha value is -1.40. The van der Waals surface area contributed by atoms with E-state index in [1.807, 2.05) is 0 Å². The lowest BCUT2D eigenvalue weighted by atomic mass is 9.98. The zero-order chi connectivity index (χ0) is 17.4. The van der Waals surface area contributed by atoms with Gasteiger partial charge in [0.2, 0.25) is 5.91 Å². The molecule has 23 heavy (non-hydrogen) atoms. The molecule has 0 radical (unpaired) electrons. The van der Waals surface area contributed by atoms with Crippen LogP contribution in [0.15, 0.2) is 0 Å². The lowest BCUT2D eigenvalue weighted by Crippen LogP contribution is -2.50. The van der Waals surface area contributed by atoms with E-state index in [-0.39, 0.29) is 5.91 Å². The molecule has 0 aromatic carbocycles. The second-order valence-electron chi connectivity index (χ2n) is 7.69. The van der Waals surface area contributed by atoms with Crippen LogP contribution >= 0.6 is 0 Å². The van der Waals surface area contributed by atoms with Crippen LogP contribution < -0.4 is 0 Å². The number of piperidine rings is 1. The number of hydrogen-bond acceptors (Lipinski definition) is 3. The first-order valence-corrected chi connectivity index (χ1v) is 8.15. The van der Waals surface area contributed by atoms with Crippen LogP contribution in [-0.2, 0) is 9.53 Å². The fourth-order valence-electron chi connectivity index (χ4n) is 2.99. The average molecular weight is 332 g/mol. The maximum Gasteiger partial charge on any atom is 0.411 e. The lowest BCUT2D eigenvalue weighted by Gasteiger charge is -2.34. The maximum absolute atomic E-state index is 13.8. The number of alkyl halides is 2. The minimum atomic E-state index is -3.06. The summed E-state index contributed by atoms with van der Waals surface area (Å²) in [6.45, 7) is 7.47. The number of halogens is 2.